The first kappa shape index (κ1) is 17.1. The standard InChI is InChI=1S/C15H27N5O2/c1-3-10(2)14(15(22)11-4-6-17-7-5-11)20-8-13(18-19-20)12(16)9-21/h8,10-12,14,17,21H,3-7,9,16H2,1-2H3/t10-,12-,14-/m0/s1. The number of Topliss-reactive ketones (excluding diaryl/α,β-unsaturated/α-hetero) is 1. The van der Waals surface area contributed by atoms with Gasteiger partial charge in [-0.25, -0.2) is 4.68 Å². The molecule has 1 aliphatic rings. The van der Waals surface area contributed by atoms with Crippen LogP contribution in [0.4, 0.5) is 0 Å². The number of carbonyl (C=O) groups is 1. The number of ketones is 1. The molecule has 0 spiro atoms. The molecule has 7 heteroatoms. The zero-order valence-electron chi connectivity index (χ0n) is 13.4. The summed E-state index contributed by atoms with van der Waals surface area (Å²) in [6.07, 6.45) is 4.35. The van der Waals surface area contributed by atoms with E-state index in [-0.39, 0.29) is 30.3 Å². The van der Waals surface area contributed by atoms with Crippen molar-refractivity contribution in [3.05, 3.63) is 11.9 Å². The van der Waals surface area contributed by atoms with Crippen LogP contribution in [0.15, 0.2) is 6.20 Å². The summed E-state index contributed by atoms with van der Waals surface area (Å²) in [5.74, 6) is 0.506. The van der Waals surface area contributed by atoms with Crippen molar-refractivity contribution in [2.24, 2.45) is 17.6 Å². The van der Waals surface area contributed by atoms with E-state index >= 15 is 0 Å². The normalized spacial score (nSPS) is 20.5. The minimum Gasteiger partial charge on any atom is -0.394 e. The van der Waals surface area contributed by atoms with Gasteiger partial charge in [0, 0.05) is 5.92 Å². The zero-order chi connectivity index (χ0) is 16.1. The second-order valence-electron chi connectivity index (χ2n) is 6.17. The van der Waals surface area contributed by atoms with E-state index in [2.05, 4.69) is 29.5 Å². The van der Waals surface area contributed by atoms with E-state index in [0.29, 0.717) is 5.69 Å². The Kier molecular flexibility index (Phi) is 6.05. The molecule has 1 fully saturated rings. The molecular formula is C15H27N5O2. The maximum atomic E-state index is 13.0. The van der Waals surface area contributed by atoms with Crippen molar-refractivity contribution < 1.29 is 9.90 Å². The van der Waals surface area contributed by atoms with Gasteiger partial charge in [0.25, 0.3) is 0 Å². The summed E-state index contributed by atoms with van der Waals surface area (Å²) in [6.45, 7) is 5.74. The maximum absolute atomic E-state index is 13.0. The topological polar surface area (TPSA) is 106 Å². The van der Waals surface area contributed by atoms with Gasteiger partial charge < -0.3 is 16.2 Å². The van der Waals surface area contributed by atoms with Crippen LogP contribution in [0.25, 0.3) is 0 Å². The molecule has 1 aliphatic heterocycles. The van der Waals surface area contributed by atoms with Gasteiger partial charge in [-0.1, -0.05) is 25.5 Å². The van der Waals surface area contributed by atoms with Crippen molar-refractivity contribution >= 4 is 5.78 Å². The monoisotopic (exact) mass is 309 g/mol. The summed E-state index contributed by atoms with van der Waals surface area (Å²) < 4.78 is 1.64. The number of aliphatic hydroxyl groups is 1. The van der Waals surface area contributed by atoms with Crippen molar-refractivity contribution in [1.82, 2.24) is 20.3 Å². The van der Waals surface area contributed by atoms with Gasteiger partial charge in [-0.2, -0.15) is 0 Å². The van der Waals surface area contributed by atoms with Gasteiger partial charge in [-0.15, -0.1) is 5.10 Å². The average molecular weight is 309 g/mol. The SMILES string of the molecule is CC[C@H](C)[C@@H](C(=O)C1CCNCC1)n1cc([C@@H](N)CO)nn1. The molecule has 0 bridgehead atoms. The van der Waals surface area contributed by atoms with Gasteiger partial charge in [0.2, 0.25) is 0 Å². The maximum Gasteiger partial charge on any atom is 0.160 e. The van der Waals surface area contributed by atoms with Gasteiger partial charge >= 0.3 is 0 Å². The predicted octanol–water partition coefficient (Wildman–Crippen LogP) is 0.426. The van der Waals surface area contributed by atoms with E-state index in [1.54, 1.807) is 10.9 Å². The number of piperidine rings is 1. The van der Waals surface area contributed by atoms with Crippen LogP contribution in [-0.4, -0.2) is 45.6 Å². The quantitative estimate of drug-likeness (QED) is 0.674. The number of rotatable bonds is 7. The van der Waals surface area contributed by atoms with E-state index in [4.69, 9.17) is 10.8 Å². The third kappa shape index (κ3) is 3.71. The number of carbonyl (C=O) groups excluding carboxylic acids is 1. The number of nitrogens with zero attached hydrogens (tertiary/aromatic N) is 3. The molecule has 1 saturated heterocycles. The second kappa shape index (κ2) is 7.80. The summed E-state index contributed by atoms with van der Waals surface area (Å²) in [4.78, 5) is 13.0. The fourth-order valence-electron chi connectivity index (χ4n) is 2.93. The molecule has 124 valence electrons. The van der Waals surface area contributed by atoms with E-state index in [9.17, 15) is 4.79 Å². The minimum absolute atomic E-state index is 0.0828. The highest BCUT2D eigenvalue weighted by Crippen LogP contribution is 2.28. The number of hydrogen-bond acceptors (Lipinski definition) is 6. The first-order chi connectivity index (χ1) is 10.6. The lowest BCUT2D eigenvalue weighted by Gasteiger charge is -2.28. The fraction of sp³-hybridized carbons (Fsp3) is 0.800. The molecule has 0 unspecified atom stereocenters. The summed E-state index contributed by atoms with van der Waals surface area (Å²) in [7, 11) is 0. The minimum atomic E-state index is -0.555. The molecule has 0 aliphatic carbocycles. The zero-order valence-corrected chi connectivity index (χ0v) is 13.4. The largest absolute Gasteiger partial charge is 0.394 e. The highest BCUT2D eigenvalue weighted by atomic mass is 16.3. The van der Waals surface area contributed by atoms with Crippen LogP contribution in [0.2, 0.25) is 0 Å². The third-order valence-corrected chi connectivity index (χ3v) is 4.61. The van der Waals surface area contributed by atoms with Gasteiger partial charge in [-0.3, -0.25) is 4.79 Å². The number of aliphatic hydroxyl groups excluding tert-OH is 1. The Balaban J connectivity index is 2.21. The van der Waals surface area contributed by atoms with E-state index < -0.39 is 6.04 Å². The van der Waals surface area contributed by atoms with Crippen molar-refractivity contribution in [3.8, 4) is 0 Å². The molecule has 4 N–H and O–H groups in total. The molecule has 0 aromatic carbocycles. The highest BCUT2D eigenvalue weighted by Gasteiger charge is 2.33. The third-order valence-electron chi connectivity index (χ3n) is 4.61. The molecule has 2 rings (SSSR count). The van der Waals surface area contributed by atoms with E-state index in [1.165, 1.54) is 0 Å². The summed E-state index contributed by atoms with van der Waals surface area (Å²) in [6, 6.07) is -0.861. The summed E-state index contributed by atoms with van der Waals surface area (Å²) >= 11 is 0. The molecule has 1 aromatic rings. The summed E-state index contributed by atoms with van der Waals surface area (Å²) in [5.41, 5.74) is 6.30. The smallest absolute Gasteiger partial charge is 0.160 e. The lowest BCUT2D eigenvalue weighted by molar-refractivity contribution is -0.128. The molecule has 7 nitrogen and oxygen atoms in total. The van der Waals surface area contributed by atoms with Crippen LogP contribution in [0.1, 0.15) is 50.9 Å². The van der Waals surface area contributed by atoms with E-state index in [1.807, 2.05) is 0 Å². The number of hydrogen-bond donors (Lipinski definition) is 3. The predicted molar refractivity (Wildman–Crippen MR) is 83.1 cm³/mol. The Morgan fingerprint density at radius 2 is 2.23 bits per heavy atom. The van der Waals surface area contributed by atoms with Crippen LogP contribution in [0.5, 0.6) is 0 Å². The molecule has 0 saturated carbocycles. The molecule has 2 heterocycles. The lowest BCUT2D eigenvalue weighted by Crippen LogP contribution is -2.37. The lowest BCUT2D eigenvalue weighted by atomic mass is 9.84. The summed E-state index contributed by atoms with van der Waals surface area (Å²) in [5, 5.41) is 20.5. The van der Waals surface area contributed by atoms with Crippen LogP contribution in [-0.2, 0) is 4.79 Å². The Morgan fingerprint density at radius 1 is 1.55 bits per heavy atom. The molecular weight excluding hydrogens is 282 g/mol. The average Bonchev–Trinajstić information content (AvgIpc) is 3.04. The Labute approximate surface area is 131 Å². The fourth-order valence-corrected chi connectivity index (χ4v) is 2.93. The Bertz CT molecular complexity index is 484. The van der Waals surface area contributed by atoms with Gasteiger partial charge in [0.15, 0.2) is 5.78 Å². The van der Waals surface area contributed by atoms with Crippen LogP contribution in [0.3, 0.4) is 0 Å². The van der Waals surface area contributed by atoms with Crippen LogP contribution < -0.4 is 11.1 Å². The number of aromatic nitrogens is 3. The molecule has 3 atom stereocenters. The molecule has 22 heavy (non-hydrogen) atoms. The molecule has 0 amide bonds. The number of nitrogens with one attached hydrogen (secondary N) is 1. The second-order valence-corrected chi connectivity index (χ2v) is 6.17. The van der Waals surface area contributed by atoms with Crippen LogP contribution in [0, 0.1) is 11.8 Å². The first-order valence-electron chi connectivity index (χ1n) is 8.11. The van der Waals surface area contributed by atoms with Crippen LogP contribution >= 0.6 is 0 Å². The van der Waals surface area contributed by atoms with Crippen molar-refractivity contribution in [2.75, 3.05) is 19.7 Å². The Morgan fingerprint density at radius 3 is 2.82 bits per heavy atom. The van der Waals surface area contributed by atoms with Gasteiger partial charge in [-0.05, 0) is 31.8 Å². The van der Waals surface area contributed by atoms with E-state index in [0.717, 1.165) is 32.4 Å². The Hall–Kier alpha value is -1.31. The molecule has 0 radical (unpaired) electrons. The van der Waals surface area contributed by atoms with Crippen molar-refractivity contribution in [2.45, 2.75) is 45.2 Å². The van der Waals surface area contributed by atoms with Crippen molar-refractivity contribution in [1.29, 1.82) is 0 Å². The highest BCUT2D eigenvalue weighted by molar-refractivity contribution is 5.85. The van der Waals surface area contributed by atoms with Gasteiger partial charge in [0.05, 0.1) is 18.8 Å². The number of nitrogens with two attached hydrogens (primary N) is 1. The first-order valence-corrected chi connectivity index (χ1v) is 8.11. The molecule has 1 aromatic heterocycles. The van der Waals surface area contributed by atoms with Gasteiger partial charge in [0.1, 0.15) is 11.7 Å². The van der Waals surface area contributed by atoms with Crippen molar-refractivity contribution in [3.63, 3.8) is 0 Å².